The van der Waals surface area contributed by atoms with E-state index in [0.29, 0.717) is 0 Å². The molecule has 1 heterocycles. The second-order valence-corrected chi connectivity index (χ2v) is 5.84. The molecule has 0 aromatic rings. The van der Waals surface area contributed by atoms with Crippen LogP contribution in [-0.4, -0.2) is 17.3 Å². The molecule has 2 nitrogen and oxygen atoms in total. The van der Waals surface area contributed by atoms with Crippen LogP contribution in [0.5, 0.6) is 0 Å². The molecule has 15 heavy (non-hydrogen) atoms. The fourth-order valence-electron chi connectivity index (χ4n) is 3.01. The Morgan fingerprint density at radius 3 is 2.67 bits per heavy atom. The lowest BCUT2D eigenvalue weighted by molar-refractivity contribution is -0.0168. The summed E-state index contributed by atoms with van der Waals surface area (Å²) >= 11 is 0. The molecule has 1 atom stereocenters. The van der Waals surface area contributed by atoms with E-state index in [1.165, 1.54) is 6.42 Å². The molecule has 1 aliphatic heterocycles. The van der Waals surface area contributed by atoms with E-state index in [2.05, 4.69) is 13.8 Å². The van der Waals surface area contributed by atoms with Crippen molar-refractivity contribution in [1.29, 1.82) is 0 Å². The summed E-state index contributed by atoms with van der Waals surface area (Å²) in [6.45, 7) is 5.31. The highest BCUT2D eigenvalue weighted by atomic mass is 16.5. The van der Waals surface area contributed by atoms with E-state index in [4.69, 9.17) is 4.74 Å². The fourth-order valence-corrected chi connectivity index (χ4v) is 3.01. The molecule has 0 saturated heterocycles. The van der Waals surface area contributed by atoms with E-state index in [-0.39, 0.29) is 5.41 Å². The molecule has 0 bridgehead atoms. The van der Waals surface area contributed by atoms with Crippen LogP contribution in [-0.2, 0) is 4.74 Å². The summed E-state index contributed by atoms with van der Waals surface area (Å²) in [6, 6.07) is 0. The van der Waals surface area contributed by atoms with Gasteiger partial charge in [-0.05, 0) is 49.5 Å². The van der Waals surface area contributed by atoms with Crippen LogP contribution in [0.3, 0.4) is 0 Å². The van der Waals surface area contributed by atoms with Gasteiger partial charge in [-0.3, -0.25) is 0 Å². The van der Waals surface area contributed by atoms with Crippen molar-refractivity contribution in [3.63, 3.8) is 0 Å². The highest BCUT2D eigenvalue weighted by molar-refractivity contribution is 5.18. The summed E-state index contributed by atoms with van der Waals surface area (Å²) in [5.74, 6) is 0. The molecule has 0 aromatic heterocycles. The van der Waals surface area contributed by atoms with Gasteiger partial charge in [-0.1, -0.05) is 13.8 Å². The van der Waals surface area contributed by atoms with Gasteiger partial charge in [0.1, 0.15) is 0 Å². The van der Waals surface area contributed by atoms with Gasteiger partial charge in [0.05, 0.1) is 18.5 Å². The zero-order valence-corrected chi connectivity index (χ0v) is 9.88. The first kappa shape index (κ1) is 11.0. The van der Waals surface area contributed by atoms with E-state index in [0.717, 1.165) is 44.3 Å². The van der Waals surface area contributed by atoms with Gasteiger partial charge in [0.15, 0.2) is 0 Å². The average Bonchev–Trinajstić information content (AvgIpc) is 2.17. The SMILES string of the molecule is CC1(C)CCCC(O)(C2=COCCC2)C1. The van der Waals surface area contributed by atoms with Crippen molar-refractivity contribution in [3.8, 4) is 0 Å². The minimum atomic E-state index is -0.581. The largest absolute Gasteiger partial charge is 0.501 e. The minimum absolute atomic E-state index is 0.269. The lowest BCUT2D eigenvalue weighted by Crippen LogP contribution is -2.41. The average molecular weight is 210 g/mol. The van der Waals surface area contributed by atoms with Gasteiger partial charge in [-0.15, -0.1) is 0 Å². The highest BCUT2D eigenvalue weighted by Gasteiger charge is 2.41. The first-order chi connectivity index (χ1) is 7.02. The van der Waals surface area contributed by atoms with Gasteiger partial charge < -0.3 is 9.84 Å². The van der Waals surface area contributed by atoms with Gasteiger partial charge >= 0.3 is 0 Å². The zero-order chi connectivity index (χ0) is 10.9. The molecule has 1 N–H and O–H groups in total. The molecular weight excluding hydrogens is 188 g/mol. The third-order valence-corrected chi connectivity index (χ3v) is 3.75. The maximum atomic E-state index is 10.7. The lowest BCUT2D eigenvalue weighted by atomic mass is 9.66. The Morgan fingerprint density at radius 1 is 1.27 bits per heavy atom. The van der Waals surface area contributed by atoms with Crippen LogP contribution in [0.15, 0.2) is 11.8 Å². The lowest BCUT2D eigenvalue weighted by Gasteiger charge is -2.43. The Morgan fingerprint density at radius 2 is 2.07 bits per heavy atom. The number of hydrogen-bond acceptors (Lipinski definition) is 2. The summed E-state index contributed by atoms with van der Waals surface area (Å²) in [5.41, 5.74) is 0.814. The quantitative estimate of drug-likeness (QED) is 0.721. The molecule has 0 radical (unpaired) electrons. The predicted octanol–water partition coefficient (Wildman–Crippen LogP) is 3.01. The maximum absolute atomic E-state index is 10.7. The number of aliphatic hydroxyl groups is 1. The Labute approximate surface area is 92.3 Å². The van der Waals surface area contributed by atoms with Crippen molar-refractivity contribution >= 4 is 0 Å². The maximum Gasteiger partial charge on any atom is 0.0894 e. The topological polar surface area (TPSA) is 29.5 Å². The van der Waals surface area contributed by atoms with E-state index < -0.39 is 5.60 Å². The van der Waals surface area contributed by atoms with Crippen LogP contribution in [0, 0.1) is 5.41 Å². The van der Waals surface area contributed by atoms with Crippen LogP contribution >= 0.6 is 0 Å². The molecule has 0 amide bonds. The number of hydrogen-bond donors (Lipinski definition) is 1. The molecule has 2 aliphatic rings. The molecule has 1 fully saturated rings. The Hall–Kier alpha value is -0.500. The van der Waals surface area contributed by atoms with E-state index in [1.54, 1.807) is 0 Å². The molecule has 2 rings (SSSR count). The second kappa shape index (κ2) is 3.82. The monoisotopic (exact) mass is 210 g/mol. The molecule has 2 heteroatoms. The fraction of sp³-hybridized carbons (Fsp3) is 0.846. The molecule has 1 aliphatic carbocycles. The summed E-state index contributed by atoms with van der Waals surface area (Å²) in [5, 5.41) is 10.7. The smallest absolute Gasteiger partial charge is 0.0894 e. The summed E-state index contributed by atoms with van der Waals surface area (Å²) in [7, 11) is 0. The third-order valence-electron chi connectivity index (χ3n) is 3.75. The van der Waals surface area contributed by atoms with Gasteiger partial charge in [-0.2, -0.15) is 0 Å². The number of ether oxygens (including phenoxy) is 1. The van der Waals surface area contributed by atoms with Crippen LogP contribution < -0.4 is 0 Å². The molecule has 0 aromatic carbocycles. The Bertz CT molecular complexity index is 268. The van der Waals surface area contributed by atoms with E-state index in [9.17, 15) is 5.11 Å². The van der Waals surface area contributed by atoms with Crippen molar-refractivity contribution in [2.45, 2.75) is 58.0 Å². The van der Waals surface area contributed by atoms with E-state index in [1.807, 2.05) is 6.26 Å². The van der Waals surface area contributed by atoms with E-state index >= 15 is 0 Å². The van der Waals surface area contributed by atoms with Gasteiger partial charge in [0.25, 0.3) is 0 Å². The molecule has 1 saturated carbocycles. The summed E-state index contributed by atoms with van der Waals surface area (Å²) in [6.07, 6.45) is 8.01. The first-order valence-electron chi connectivity index (χ1n) is 6.05. The first-order valence-corrected chi connectivity index (χ1v) is 6.05. The Kier molecular flexibility index (Phi) is 2.80. The highest BCUT2D eigenvalue weighted by Crippen LogP contribution is 2.45. The molecule has 1 unspecified atom stereocenters. The summed E-state index contributed by atoms with van der Waals surface area (Å²) < 4.78 is 5.35. The van der Waals surface area contributed by atoms with Crippen molar-refractivity contribution in [1.82, 2.24) is 0 Å². The van der Waals surface area contributed by atoms with Crippen molar-refractivity contribution in [2.24, 2.45) is 5.41 Å². The van der Waals surface area contributed by atoms with Crippen LogP contribution in [0.1, 0.15) is 52.4 Å². The van der Waals surface area contributed by atoms with Gasteiger partial charge in [0, 0.05) is 0 Å². The minimum Gasteiger partial charge on any atom is -0.501 e. The van der Waals surface area contributed by atoms with Crippen molar-refractivity contribution < 1.29 is 9.84 Å². The summed E-state index contributed by atoms with van der Waals surface area (Å²) in [4.78, 5) is 0. The molecule has 86 valence electrons. The van der Waals surface area contributed by atoms with Crippen molar-refractivity contribution in [3.05, 3.63) is 11.8 Å². The van der Waals surface area contributed by atoms with Crippen LogP contribution in [0.25, 0.3) is 0 Å². The Balaban J connectivity index is 2.14. The number of rotatable bonds is 1. The second-order valence-electron chi connectivity index (χ2n) is 5.84. The third kappa shape index (κ3) is 2.36. The van der Waals surface area contributed by atoms with Crippen molar-refractivity contribution in [2.75, 3.05) is 6.61 Å². The van der Waals surface area contributed by atoms with Gasteiger partial charge in [0.2, 0.25) is 0 Å². The van der Waals surface area contributed by atoms with Crippen LogP contribution in [0.2, 0.25) is 0 Å². The normalized spacial score (nSPS) is 35.5. The molecular formula is C13H22O2. The standard InChI is InChI=1S/C13H22O2/c1-12(2)6-4-7-13(14,10-12)11-5-3-8-15-9-11/h9,14H,3-8,10H2,1-2H3. The molecule has 0 spiro atoms. The predicted molar refractivity (Wildman–Crippen MR) is 60.5 cm³/mol. The van der Waals surface area contributed by atoms with Gasteiger partial charge in [-0.25, -0.2) is 0 Å². The zero-order valence-electron chi connectivity index (χ0n) is 9.88. The van der Waals surface area contributed by atoms with Crippen LogP contribution in [0.4, 0.5) is 0 Å².